The van der Waals surface area contributed by atoms with Gasteiger partial charge < -0.3 is 15.1 Å². The van der Waals surface area contributed by atoms with Crippen molar-refractivity contribution in [3.05, 3.63) is 36.2 Å². The van der Waals surface area contributed by atoms with Crippen LogP contribution in [0.4, 0.5) is 5.69 Å². The first-order valence-electron chi connectivity index (χ1n) is 7.74. The van der Waals surface area contributed by atoms with Gasteiger partial charge >= 0.3 is 0 Å². The number of nitrogens with zero attached hydrogens (tertiary/aromatic N) is 1. The standard InChI is InChI=1S/C17H21N3O2.ClH/c1-11(2)15-10-19-17(22-15)12-5-7-13(8-6-12)20-16(21)14-4-3-9-18-14;/h5-8,10-11,14,18H,3-4,9H2,1-2H3,(H,20,21);1H. The highest BCUT2D eigenvalue weighted by atomic mass is 35.5. The molecule has 0 saturated carbocycles. The van der Waals surface area contributed by atoms with Gasteiger partial charge in [0, 0.05) is 17.2 Å². The van der Waals surface area contributed by atoms with E-state index in [0.717, 1.165) is 36.4 Å². The van der Waals surface area contributed by atoms with Crippen molar-refractivity contribution >= 4 is 24.0 Å². The van der Waals surface area contributed by atoms with Gasteiger partial charge in [-0.1, -0.05) is 13.8 Å². The van der Waals surface area contributed by atoms with Gasteiger partial charge in [-0.25, -0.2) is 4.98 Å². The summed E-state index contributed by atoms with van der Waals surface area (Å²) < 4.78 is 5.72. The van der Waals surface area contributed by atoms with Gasteiger partial charge in [0.1, 0.15) is 5.76 Å². The average Bonchev–Trinajstić information content (AvgIpc) is 3.20. The molecule has 3 rings (SSSR count). The normalized spacial score (nSPS) is 17.1. The van der Waals surface area contributed by atoms with Gasteiger partial charge in [-0.05, 0) is 43.7 Å². The van der Waals surface area contributed by atoms with Crippen molar-refractivity contribution < 1.29 is 9.21 Å². The maximum absolute atomic E-state index is 12.0. The van der Waals surface area contributed by atoms with Gasteiger partial charge in [-0.3, -0.25) is 4.79 Å². The lowest BCUT2D eigenvalue weighted by Crippen LogP contribution is -2.35. The first kappa shape index (κ1) is 17.5. The Hall–Kier alpha value is -1.85. The number of nitrogens with one attached hydrogen (secondary N) is 2. The van der Waals surface area contributed by atoms with Crippen LogP contribution in [0.2, 0.25) is 0 Å². The lowest BCUT2D eigenvalue weighted by atomic mass is 10.2. The Kier molecular flexibility index (Phi) is 5.80. The molecule has 1 fully saturated rings. The van der Waals surface area contributed by atoms with Crippen LogP contribution >= 0.6 is 12.4 Å². The van der Waals surface area contributed by atoms with Crippen molar-refractivity contribution in [2.24, 2.45) is 0 Å². The summed E-state index contributed by atoms with van der Waals surface area (Å²) in [7, 11) is 0. The number of carbonyl (C=O) groups excluding carboxylic acids is 1. The number of amides is 1. The van der Waals surface area contributed by atoms with E-state index in [0.29, 0.717) is 11.8 Å². The predicted molar refractivity (Wildman–Crippen MR) is 92.9 cm³/mol. The molecule has 23 heavy (non-hydrogen) atoms. The van der Waals surface area contributed by atoms with Crippen molar-refractivity contribution in [3.63, 3.8) is 0 Å². The molecular weight excluding hydrogens is 314 g/mol. The molecule has 5 nitrogen and oxygen atoms in total. The number of hydrogen-bond acceptors (Lipinski definition) is 4. The van der Waals surface area contributed by atoms with E-state index < -0.39 is 0 Å². The molecule has 2 N–H and O–H groups in total. The van der Waals surface area contributed by atoms with Gasteiger partial charge in [0.2, 0.25) is 11.8 Å². The molecule has 0 radical (unpaired) electrons. The SMILES string of the molecule is CC(C)c1cnc(-c2ccc(NC(=O)C3CCCN3)cc2)o1.Cl. The van der Waals surface area contributed by atoms with Crippen molar-refractivity contribution in [3.8, 4) is 11.5 Å². The Morgan fingerprint density at radius 2 is 2.09 bits per heavy atom. The zero-order valence-electron chi connectivity index (χ0n) is 13.3. The van der Waals surface area contributed by atoms with Crippen LogP contribution in [0.15, 0.2) is 34.9 Å². The van der Waals surface area contributed by atoms with Crippen LogP contribution in [-0.2, 0) is 4.79 Å². The van der Waals surface area contributed by atoms with E-state index in [1.165, 1.54) is 0 Å². The smallest absolute Gasteiger partial charge is 0.241 e. The third-order valence-electron chi connectivity index (χ3n) is 3.87. The summed E-state index contributed by atoms with van der Waals surface area (Å²) >= 11 is 0. The lowest BCUT2D eigenvalue weighted by Gasteiger charge is -2.11. The highest BCUT2D eigenvalue weighted by molar-refractivity contribution is 5.95. The minimum absolute atomic E-state index is 0. The number of anilines is 1. The molecular formula is C17H22ClN3O2. The molecule has 1 aliphatic rings. The lowest BCUT2D eigenvalue weighted by molar-refractivity contribution is -0.117. The third-order valence-corrected chi connectivity index (χ3v) is 3.87. The van der Waals surface area contributed by atoms with E-state index in [9.17, 15) is 4.79 Å². The molecule has 2 heterocycles. The Bertz CT molecular complexity index is 646. The fraction of sp³-hybridized carbons (Fsp3) is 0.412. The van der Waals surface area contributed by atoms with E-state index in [4.69, 9.17) is 4.42 Å². The van der Waals surface area contributed by atoms with Crippen LogP contribution in [0.25, 0.3) is 11.5 Å². The number of benzene rings is 1. The van der Waals surface area contributed by atoms with Crippen molar-refractivity contribution in [1.82, 2.24) is 10.3 Å². The van der Waals surface area contributed by atoms with E-state index in [1.54, 1.807) is 6.20 Å². The second-order valence-corrected chi connectivity index (χ2v) is 5.94. The number of hydrogen-bond donors (Lipinski definition) is 2. The Labute approximate surface area is 142 Å². The molecule has 1 aliphatic heterocycles. The summed E-state index contributed by atoms with van der Waals surface area (Å²) in [6, 6.07) is 7.50. The Balaban J connectivity index is 0.00000192. The topological polar surface area (TPSA) is 67.2 Å². The van der Waals surface area contributed by atoms with E-state index in [-0.39, 0.29) is 24.4 Å². The first-order valence-corrected chi connectivity index (χ1v) is 7.74. The van der Waals surface area contributed by atoms with Crippen LogP contribution in [0.5, 0.6) is 0 Å². The van der Waals surface area contributed by atoms with E-state index >= 15 is 0 Å². The molecule has 1 amide bonds. The molecule has 6 heteroatoms. The van der Waals surface area contributed by atoms with Crippen molar-refractivity contribution in [2.45, 2.75) is 38.6 Å². The molecule has 0 bridgehead atoms. The number of carbonyl (C=O) groups is 1. The summed E-state index contributed by atoms with van der Waals surface area (Å²) in [6.07, 6.45) is 3.72. The summed E-state index contributed by atoms with van der Waals surface area (Å²) in [5.41, 5.74) is 1.70. The van der Waals surface area contributed by atoms with E-state index in [2.05, 4.69) is 29.5 Å². The molecule has 0 spiro atoms. The maximum Gasteiger partial charge on any atom is 0.241 e. The molecule has 0 aliphatic carbocycles. The van der Waals surface area contributed by atoms with Gasteiger partial charge in [0.05, 0.1) is 12.2 Å². The minimum atomic E-state index is -0.0694. The first-order chi connectivity index (χ1) is 10.6. The summed E-state index contributed by atoms with van der Waals surface area (Å²) in [5.74, 6) is 1.83. The van der Waals surface area contributed by atoms with Crippen LogP contribution < -0.4 is 10.6 Å². The van der Waals surface area contributed by atoms with Gasteiger partial charge in [-0.2, -0.15) is 0 Å². The Morgan fingerprint density at radius 1 is 1.35 bits per heavy atom. The molecule has 1 aromatic carbocycles. The van der Waals surface area contributed by atoms with Crippen molar-refractivity contribution in [2.75, 3.05) is 11.9 Å². The van der Waals surface area contributed by atoms with Gasteiger partial charge in [0.25, 0.3) is 0 Å². The van der Waals surface area contributed by atoms with Crippen LogP contribution in [0.1, 0.15) is 38.4 Å². The summed E-state index contributed by atoms with van der Waals surface area (Å²) in [6.45, 7) is 5.05. The maximum atomic E-state index is 12.0. The average molecular weight is 336 g/mol. The Morgan fingerprint density at radius 3 is 2.65 bits per heavy atom. The number of halogens is 1. The quantitative estimate of drug-likeness (QED) is 0.896. The summed E-state index contributed by atoms with van der Waals surface area (Å²) in [4.78, 5) is 16.3. The van der Waals surface area contributed by atoms with Crippen LogP contribution in [0.3, 0.4) is 0 Å². The molecule has 1 saturated heterocycles. The van der Waals surface area contributed by atoms with Gasteiger partial charge in [-0.15, -0.1) is 12.4 Å². The number of rotatable bonds is 4. The van der Waals surface area contributed by atoms with Crippen molar-refractivity contribution in [1.29, 1.82) is 0 Å². The molecule has 1 unspecified atom stereocenters. The fourth-order valence-electron chi connectivity index (χ4n) is 2.52. The van der Waals surface area contributed by atoms with Crippen LogP contribution in [-0.4, -0.2) is 23.5 Å². The molecule has 1 atom stereocenters. The molecule has 124 valence electrons. The highest BCUT2D eigenvalue weighted by Gasteiger charge is 2.21. The highest BCUT2D eigenvalue weighted by Crippen LogP contribution is 2.24. The monoisotopic (exact) mass is 335 g/mol. The van der Waals surface area contributed by atoms with E-state index in [1.807, 2.05) is 24.3 Å². The zero-order chi connectivity index (χ0) is 15.5. The largest absolute Gasteiger partial charge is 0.441 e. The molecule has 2 aromatic rings. The second-order valence-electron chi connectivity index (χ2n) is 5.94. The number of aromatic nitrogens is 1. The predicted octanol–water partition coefficient (Wildman–Crippen LogP) is 3.58. The van der Waals surface area contributed by atoms with Gasteiger partial charge in [0.15, 0.2) is 0 Å². The zero-order valence-corrected chi connectivity index (χ0v) is 14.2. The summed E-state index contributed by atoms with van der Waals surface area (Å²) in [5, 5.41) is 6.12. The minimum Gasteiger partial charge on any atom is -0.441 e. The second kappa shape index (κ2) is 7.62. The fourth-order valence-corrected chi connectivity index (χ4v) is 2.52. The van der Waals surface area contributed by atoms with Crippen LogP contribution in [0, 0.1) is 0 Å². The number of oxazole rings is 1. The third kappa shape index (κ3) is 4.12. The molecule has 1 aromatic heterocycles.